The first kappa shape index (κ1) is 5.34. The summed E-state index contributed by atoms with van der Waals surface area (Å²) in [7, 11) is 0. The Balaban J connectivity index is 2.26. The van der Waals surface area contributed by atoms with E-state index in [0.717, 1.165) is 12.3 Å². The second-order valence-electron chi connectivity index (χ2n) is 1.24. The van der Waals surface area contributed by atoms with Gasteiger partial charge >= 0.3 is 0 Å². The predicted octanol–water partition coefficient (Wildman–Crippen LogP) is 0.412. The van der Waals surface area contributed by atoms with Gasteiger partial charge in [0, 0.05) is 12.3 Å². The maximum atomic E-state index is 4.64. The highest BCUT2D eigenvalue weighted by Crippen LogP contribution is 2.02. The second-order valence-corrected chi connectivity index (χ2v) is 2.33. The van der Waals surface area contributed by atoms with Crippen molar-refractivity contribution in [3.8, 4) is 0 Å². The SMILES string of the molecule is S=CN1CCSN1. The van der Waals surface area contributed by atoms with Crippen LogP contribution in [0.3, 0.4) is 0 Å². The van der Waals surface area contributed by atoms with Crippen molar-refractivity contribution in [1.82, 2.24) is 9.84 Å². The van der Waals surface area contributed by atoms with E-state index in [0.29, 0.717) is 0 Å². The first-order valence-corrected chi connectivity index (χ1v) is 3.48. The zero-order valence-corrected chi connectivity index (χ0v) is 5.39. The molecule has 0 atom stereocenters. The van der Waals surface area contributed by atoms with Gasteiger partial charge in [-0.15, -0.1) is 0 Å². The summed E-state index contributed by atoms with van der Waals surface area (Å²) in [6.07, 6.45) is 0. The van der Waals surface area contributed by atoms with Gasteiger partial charge in [-0.2, -0.15) is 4.83 Å². The molecule has 1 heterocycles. The van der Waals surface area contributed by atoms with E-state index in [-0.39, 0.29) is 0 Å². The Bertz CT molecular complexity index is 69.3. The summed E-state index contributed by atoms with van der Waals surface area (Å²) in [4.78, 5) is 3.00. The minimum atomic E-state index is 1.04. The Morgan fingerprint density at radius 3 is 3.00 bits per heavy atom. The summed E-state index contributed by atoms with van der Waals surface area (Å²) in [5, 5.41) is 1.89. The Hall–Kier alpha value is 0.200. The zero-order chi connectivity index (χ0) is 5.11. The standard InChI is InChI=1S/C3H6N2S2/c6-3-5-1-2-7-4-5/h3-4H,1-2H2. The fraction of sp³-hybridized carbons (Fsp3) is 0.667. The molecule has 1 fully saturated rings. The summed E-state index contributed by atoms with van der Waals surface area (Å²) in [5.41, 5.74) is 1.62. The molecule has 2 nitrogen and oxygen atoms in total. The lowest BCUT2D eigenvalue weighted by atomic mass is 10.7. The third kappa shape index (κ3) is 1.29. The van der Waals surface area contributed by atoms with Crippen molar-refractivity contribution < 1.29 is 0 Å². The van der Waals surface area contributed by atoms with Crippen molar-refractivity contribution in [3.05, 3.63) is 0 Å². The molecule has 1 N–H and O–H groups in total. The highest BCUT2D eigenvalue weighted by Gasteiger charge is 2.04. The van der Waals surface area contributed by atoms with Gasteiger partial charge in [0.05, 0.1) is 5.49 Å². The van der Waals surface area contributed by atoms with E-state index in [2.05, 4.69) is 17.0 Å². The van der Waals surface area contributed by atoms with Crippen molar-refractivity contribution in [3.63, 3.8) is 0 Å². The molecule has 0 aromatic rings. The highest BCUT2D eigenvalue weighted by molar-refractivity contribution is 7.97. The van der Waals surface area contributed by atoms with Crippen LogP contribution in [0.1, 0.15) is 0 Å². The van der Waals surface area contributed by atoms with Crippen molar-refractivity contribution in [2.75, 3.05) is 12.3 Å². The third-order valence-electron chi connectivity index (χ3n) is 0.743. The molecule has 0 aliphatic carbocycles. The summed E-state index contributed by atoms with van der Waals surface area (Å²) in [5.74, 6) is 1.13. The second kappa shape index (κ2) is 2.49. The minimum Gasteiger partial charge on any atom is -0.294 e. The molecule has 0 aromatic carbocycles. The quantitative estimate of drug-likeness (QED) is 0.412. The lowest BCUT2D eigenvalue weighted by Gasteiger charge is -2.05. The topological polar surface area (TPSA) is 15.3 Å². The smallest absolute Gasteiger partial charge is 0.0797 e. The molecule has 0 radical (unpaired) electrons. The first-order chi connectivity index (χ1) is 3.43. The fourth-order valence-corrected chi connectivity index (χ4v) is 1.31. The molecule has 1 aliphatic heterocycles. The Morgan fingerprint density at radius 2 is 2.71 bits per heavy atom. The van der Waals surface area contributed by atoms with Gasteiger partial charge in [-0.1, -0.05) is 24.2 Å². The van der Waals surface area contributed by atoms with Gasteiger partial charge in [0.2, 0.25) is 0 Å². The van der Waals surface area contributed by atoms with Gasteiger partial charge in [-0.3, -0.25) is 5.01 Å². The van der Waals surface area contributed by atoms with Crippen LogP contribution in [-0.4, -0.2) is 22.8 Å². The van der Waals surface area contributed by atoms with Gasteiger partial charge in [0.15, 0.2) is 0 Å². The maximum absolute atomic E-state index is 4.64. The van der Waals surface area contributed by atoms with E-state index >= 15 is 0 Å². The van der Waals surface area contributed by atoms with Crippen LogP contribution < -0.4 is 4.83 Å². The van der Waals surface area contributed by atoms with Gasteiger partial charge < -0.3 is 0 Å². The van der Waals surface area contributed by atoms with Gasteiger partial charge in [-0.25, -0.2) is 0 Å². The minimum absolute atomic E-state index is 1.04. The van der Waals surface area contributed by atoms with Crippen LogP contribution in [0.2, 0.25) is 0 Å². The molecule has 1 saturated heterocycles. The molecule has 0 aromatic heterocycles. The molecule has 0 saturated carbocycles. The molecule has 7 heavy (non-hydrogen) atoms. The molecule has 1 aliphatic rings. The van der Waals surface area contributed by atoms with Crippen LogP contribution in [-0.2, 0) is 0 Å². The van der Waals surface area contributed by atoms with E-state index in [1.54, 1.807) is 17.4 Å². The maximum Gasteiger partial charge on any atom is 0.0797 e. The average Bonchev–Trinajstić information content (AvgIpc) is 2.14. The Morgan fingerprint density at radius 1 is 1.86 bits per heavy atom. The van der Waals surface area contributed by atoms with E-state index in [1.165, 1.54) is 0 Å². The molecular weight excluding hydrogens is 128 g/mol. The Kier molecular flexibility index (Phi) is 1.90. The number of hydrazine groups is 1. The third-order valence-corrected chi connectivity index (χ3v) is 1.75. The van der Waals surface area contributed by atoms with E-state index in [1.807, 2.05) is 5.01 Å². The van der Waals surface area contributed by atoms with E-state index in [9.17, 15) is 0 Å². The number of thiocarbonyl (C=S) groups is 1. The van der Waals surface area contributed by atoms with E-state index < -0.39 is 0 Å². The molecule has 40 valence electrons. The lowest BCUT2D eigenvalue weighted by Crippen LogP contribution is -2.24. The van der Waals surface area contributed by atoms with Crippen LogP contribution >= 0.6 is 24.2 Å². The number of hydrogen-bond donors (Lipinski definition) is 1. The molecule has 0 amide bonds. The van der Waals surface area contributed by atoms with Crippen molar-refractivity contribution in [2.45, 2.75) is 0 Å². The number of nitrogens with zero attached hydrogens (tertiary/aromatic N) is 1. The van der Waals surface area contributed by atoms with Gasteiger partial charge in [0.1, 0.15) is 0 Å². The normalized spacial score (nSPS) is 20.3. The van der Waals surface area contributed by atoms with Crippen LogP contribution in [0.25, 0.3) is 0 Å². The zero-order valence-electron chi connectivity index (χ0n) is 3.76. The molecule has 0 unspecified atom stereocenters. The monoisotopic (exact) mass is 134 g/mol. The first-order valence-electron chi connectivity index (χ1n) is 2.03. The van der Waals surface area contributed by atoms with Crippen LogP contribution in [0.15, 0.2) is 0 Å². The molecule has 1 rings (SSSR count). The highest BCUT2D eigenvalue weighted by atomic mass is 32.2. The van der Waals surface area contributed by atoms with Crippen molar-refractivity contribution in [1.29, 1.82) is 0 Å². The lowest BCUT2D eigenvalue weighted by molar-refractivity contribution is 0.468. The van der Waals surface area contributed by atoms with Crippen molar-refractivity contribution in [2.24, 2.45) is 0 Å². The summed E-state index contributed by atoms with van der Waals surface area (Å²) < 4.78 is 0. The number of rotatable bonds is 1. The predicted molar refractivity (Wildman–Crippen MR) is 36.0 cm³/mol. The Labute approximate surface area is 52.4 Å². The number of nitrogens with one attached hydrogen (secondary N) is 1. The van der Waals surface area contributed by atoms with Crippen LogP contribution in [0, 0.1) is 0 Å². The van der Waals surface area contributed by atoms with Crippen molar-refractivity contribution >= 4 is 29.7 Å². The fourth-order valence-electron chi connectivity index (χ4n) is 0.392. The summed E-state index contributed by atoms with van der Waals surface area (Å²) >= 11 is 6.32. The summed E-state index contributed by atoms with van der Waals surface area (Å²) in [6, 6.07) is 0. The average molecular weight is 134 g/mol. The van der Waals surface area contributed by atoms with Crippen LogP contribution in [0.4, 0.5) is 0 Å². The summed E-state index contributed by atoms with van der Waals surface area (Å²) in [6.45, 7) is 1.04. The number of hydrogen-bond acceptors (Lipinski definition) is 3. The molecule has 0 bridgehead atoms. The van der Waals surface area contributed by atoms with Gasteiger partial charge in [0.25, 0.3) is 0 Å². The molecule has 4 heteroatoms. The van der Waals surface area contributed by atoms with Gasteiger partial charge in [-0.05, 0) is 0 Å². The molecular formula is C3H6N2S2. The largest absolute Gasteiger partial charge is 0.294 e. The van der Waals surface area contributed by atoms with E-state index in [4.69, 9.17) is 0 Å². The van der Waals surface area contributed by atoms with Crippen LogP contribution in [0.5, 0.6) is 0 Å². The molecule has 0 spiro atoms.